The lowest BCUT2D eigenvalue weighted by atomic mass is 9.98. The Morgan fingerprint density at radius 1 is 0.157 bits per heavy atom. The topological polar surface area (TPSA) is 19.7 Å². The molecule has 16 aromatic carbocycles. The summed E-state index contributed by atoms with van der Waals surface area (Å²) in [5.41, 5.74) is 26.2. The van der Waals surface area contributed by atoms with Crippen LogP contribution in [-0.4, -0.2) is 18.3 Å². The highest BCUT2D eigenvalue weighted by Gasteiger charge is 2.21. The van der Waals surface area contributed by atoms with Crippen LogP contribution in [0.3, 0.4) is 0 Å². The van der Waals surface area contributed by atoms with Crippen LogP contribution in [-0.2, 0) is 0 Å². The number of hydrogen-bond donors (Lipinski definition) is 0. The van der Waals surface area contributed by atoms with E-state index in [4.69, 9.17) is 0 Å². The third-order valence-electron chi connectivity index (χ3n) is 21.6. The summed E-state index contributed by atoms with van der Waals surface area (Å²) in [5.74, 6) is 0. The van der Waals surface area contributed by atoms with Crippen molar-refractivity contribution < 1.29 is 0 Å². The van der Waals surface area contributed by atoms with Gasteiger partial charge in [0.2, 0.25) is 0 Å². The number of aromatic nitrogens is 4. The molecule has 0 bridgehead atoms. The standard InChI is InChI=1S/C96H58N4S2/c1-7-22-85-73(14-1)74-15-2-8-23-86(74)99(85)70-47-50-91-81(57-70)76-17-4-9-24-87(76)97(91)69-45-38-62(39-46-69)60-32-34-64(35-33-60)72-20-13-21-79-84-56-67(42-53-95(84)102-96(72)79)66-40-49-90-80(54-66)75-16-3-11-26-89(75)100(90)71-48-51-92-82(58-71)77-18-5-10-25-88(77)98(92)68-43-36-61(37-44-68)59-28-30-63(31-29-59)65-41-52-94-83(55-65)78-19-6-12-27-93(78)101-94/h1-58H. The lowest BCUT2D eigenvalue weighted by Crippen LogP contribution is -1.96. The van der Waals surface area contributed by atoms with E-state index < -0.39 is 0 Å². The summed E-state index contributed by atoms with van der Waals surface area (Å²) in [6.45, 7) is 0. The first-order valence-corrected chi connectivity index (χ1v) is 36.6. The van der Waals surface area contributed by atoms with E-state index in [0.29, 0.717) is 0 Å². The zero-order valence-electron chi connectivity index (χ0n) is 55.1. The number of rotatable bonds is 9. The summed E-state index contributed by atoms with van der Waals surface area (Å²) in [4.78, 5) is 0. The number of nitrogens with zero attached hydrogens (tertiary/aromatic N) is 4. The van der Waals surface area contributed by atoms with Crippen molar-refractivity contribution in [1.29, 1.82) is 0 Å². The van der Waals surface area contributed by atoms with Crippen LogP contribution in [0.15, 0.2) is 352 Å². The molecule has 0 spiro atoms. The van der Waals surface area contributed by atoms with E-state index >= 15 is 0 Å². The highest BCUT2D eigenvalue weighted by Crippen LogP contribution is 2.46. The molecular formula is C96H58N4S2. The number of para-hydroxylation sites is 5. The highest BCUT2D eigenvalue weighted by atomic mass is 32.1. The molecule has 0 amide bonds. The summed E-state index contributed by atoms with van der Waals surface area (Å²) in [5, 5.41) is 15.2. The van der Waals surface area contributed by atoms with Crippen molar-refractivity contribution in [2.45, 2.75) is 0 Å². The van der Waals surface area contributed by atoms with Gasteiger partial charge in [-0.1, -0.05) is 218 Å². The van der Waals surface area contributed by atoms with Crippen molar-refractivity contribution in [1.82, 2.24) is 18.3 Å². The second kappa shape index (κ2) is 22.3. The Morgan fingerprint density at radius 2 is 0.441 bits per heavy atom. The van der Waals surface area contributed by atoms with Gasteiger partial charge in [-0.2, -0.15) is 0 Å². The summed E-state index contributed by atoms with van der Waals surface area (Å²) in [6, 6.07) is 131. The Kier molecular flexibility index (Phi) is 12.5. The Morgan fingerprint density at radius 3 is 0.922 bits per heavy atom. The van der Waals surface area contributed by atoms with Crippen LogP contribution in [0.2, 0.25) is 0 Å². The van der Waals surface area contributed by atoms with E-state index in [1.54, 1.807) is 0 Å². The molecule has 0 aliphatic rings. The molecule has 6 aromatic heterocycles. The summed E-state index contributed by atoms with van der Waals surface area (Å²) in [6.07, 6.45) is 0. The van der Waals surface area contributed by atoms with Gasteiger partial charge in [-0.15, -0.1) is 22.7 Å². The molecule has 22 rings (SSSR count). The van der Waals surface area contributed by atoms with Crippen LogP contribution in [0.1, 0.15) is 0 Å². The number of thiophene rings is 2. The molecule has 0 unspecified atom stereocenters. The molecule has 0 fully saturated rings. The van der Waals surface area contributed by atoms with Crippen molar-refractivity contribution in [2.75, 3.05) is 0 Å². The molecule has 0 aliphatic carbocycles. The molecule has 6 heterocycles. The van der Waals surface area contributed by atoms with Gasteiger partial charge in [0, 0.05) is 106 Å². The first kappa shape index (κ1) is 57.1. The second-order valence-corrected chi connectivity index (χ2v) is 29.3. The zero-order chi connectivity index (χ0) is 66.7. The zero-order valence-corrected chi connectivity index (χ0v) is 56.7. The number of fused-ring (bicyclic) bond motifs is 18. The van der Waals surface area contributed by atoms with Crippen LogP contribution in [0.5, 0.6) is 0 Å². The van der Waals surface area contributed by atoms with E-state index in [0.717, 1.165) is 22.7 Å². The lowest BCUT2D eigenvalue weighted by molar-refractivity contribution is 1.17. The fraction of sp³-hybridized carbons (Fsp3) is 0. The molecule has 0 saturated heterocycles. The van der Waals surface area contributed by atoms with Gasteiger partial charge in [0.05, 0.1) is 44.1 Å². The average Bonchev–Trinajstić information content (AvgIpc) is 1.58. The largest absolute Gasteiger partial charge is 0.309 e. The van der Waals surface area contributed by atoms with Crippen LogP contribution in [0.4, 0.5) is 0 Å². The smallest absolute Gasteiger partial charge is 0.0542 e. The monoisotopic (exact) mass is 1330 g/mol. The molecule has 102 heavy (non-hydrogen) atoms. The quantitative estimate of drug-likeness (QED) is 0.137. The maximum Gasteiger partial charge on any atom is 0.0542 e. The van der Waals surface area contributed by atoms with Gasteiger partial charge in [-0.25, -0.2) is 0 Å². The van der Waals surface area contributed by atoms with E-state index in [2.05, 4.69) is 370 Å². The van der Waals surface area contributed by atoms with Gasteiger partial charge in [-0.05, 0) is 189 Å². The van der Waals surface area contributed by atoms with Gasteiger partial charge in [-0.3, -0.25) is 0 Å². The summed E-state index contributed by atoms with van der Waals surface area (Å²) < 4.78 is 15.0. The maximum atomic E-state index is 2.46. The normalized spacial score (nSPS) is 12.1. The van der Waals surface area contributed by atoms with E-state index in [9.17, 15) is 0 Å². The molecule has 0 atom stereocenters. The van der Waals surface area contributed by atoms with Crippen LogP contribution in [0, 0.1) is 0 Å². The SMILES string of the molecule is c1ccc2c(c1)sc1ccc(-c3ccc(-c4ccc(-n5c6ccccc6c6cc(-n7c8ccccc8c8cc(-c9ccc%10sc%11c(-c%12ccc(-c%13ccc(-n%14c%15ccccc%15c%15cc(-n%16c%17ccccc%17c%17ccccc%17%16)ccc%15%14)cc%13)cc%12)cccc%11c%10c9)ccc87)ccc65)cc4)cc3)cc12. The first-order chi connectivity index (χ1) is 50.5. The van der Waals surface area contributed by atoms with Gasteiger partial charge in [0.15, 0.2) is 0 Å². The minimum Gasteiger partial charge on any atom is -0.309 e. The molecule has 6 heteroatoms. The molecule has 0 N–H and O–H groups in total. The maximum absolute atomic E-state index is 2.46. The highest BCUT2D eigenvalue weighted by molar-refractivity contribution is 7.26. The molecular weight excluding hydrogens is 1270 g/mol. The Bertz CT molecular complexity index is 7160. The minimum atomic E-state index is 1.14. The number of hydrogen-bond acceptors (Lipinski definition) is 2. The molecule has 0 aliphatic heterocycles. The molecule has 4 nitrogen and oxygen atoms in total. The molecule has 0 radical (unpaired) electrons. The fourth-order valence-electron chi connectivity index (χ4n) is 16.8. The van der Waals surface area contributed by atoms with Crippen LogP contribution < -0.4 is 0 Å². The van der Waals surface area contributed by atoms with Crippen molar-refractivity contribution >= 4 is 150 Å². The summed E-state index contributed by atoms with van der Waals surface area (Å²) >= 11 is 3.75. The summed E-state index contributed by atoms with van der Waals surface area (Å²) in [7, 11) is 0. The Balaban J connectivity index is 0.545. The second-order valence-electron chi connectivity index (χ2n) is 27.1. The third kappa shape index (κ3) is 8.74. The van der Waals surface area contributed by atoms with E-state index in [1.165, 1.54) is 183 Å². The molecule has 0 saturated carbocycles. The van der Waals surface area contributed by atoms with E-state index in [-0.39, 0.29) is 0 Å². The lowest BCUT2D eigenvalue weighted by Gasteiger charge is -2.11. The van der Waals surface area contributed by atoms with Crippen LogP contribution in [0.25, 0.3) is 206 Å². The van der Waals surface area contributed by atoms with Gasteiger partial charge in [0.1, 0.15) is 0 Å². The molecule has 22 aromatic rings. The van der Waals surface area contributed by atoms with Crippen LogP contribution >= 0.6 is 22.7 Å². The van der Waals surface area contributed by atoms with Crippen molar-refractivity contribution in [3.05, 3.63) is 352 Å². The van der Waals surface area contributed by atoms with Crippen molar-refractivity contribution in [3.8, 4) is 78.4 Å². The Hall–Kier alpha value is -12.8. The minimum absolute atomic E-state index is 1.14. The average molecular weight is 1330 g/mol. The van der Waals surface area contributed by atoms with Crippen molar-refractivity contribution in [3.63, 3.8) is 0 Å². The number of benzene rings is 16. The fourth-order valence-corrected chi connectivity index (χ4v) is 19.1. The molecule has 474 valence electrons. The van der Waals surface area contributed by atoms with Gasteiger partial charge >= 0.3 is 0 Å². The predicted octanol–water partition coefficient (Wildman–Crippen LogP) is 27.1. The Labute approximate surface area is 594 Å². The van der Waals surface area contributed by atoms with Gasteiger partial charge in [0.25, 0.3) is 0 Å². The third-order valence-corrected chi connectivity index (χ3v) is 24.0. The van der Waals surface area contributed by atoms with Gasteiger partial charge < -0.3 is 18.3 Å². The predicted molar refractivity (Wildman–Crippen MR) is 437 cm³/mol. The van der Waals surface area contributed by atoms with Crippen molar-refractivity contribution in [2.24, 2.45) is 0 Å². The first-order valence-electron chi connectivity index (χ1n) is 34.9. The van der Waals surface area contributed by atoms with E-state index in [1.807, 2.05) is 22.7 Å².